The molecular formula is C7H4Br2N4. The highest BCUT2D eigenvalue weighted by Crippen LogP contribution is 2.10. The minimum atomic E-state index is -0.0523. The van der Waals surface area contributed by atoms with Gasteiger partial charge in [-0.15, -0.1) is 10.2 Å². The number of imidazole rings is 1. The zero-order valence-corrected chi connectivity index (χ0v) is 9.37. The van der Waals surface area contributed by atoms with Gasteiger partial charge in [-0.2, -0.15) is 0 Å². The summed E-state index contributed by atoms with van der Waals surface area (Å²) in [6, 6.07) is 3.34. The van der Waals surface area contributed by atoms with Gasteiger partial charge >= 0.3 is 0 Å². The Morgan fingerprint density at radius 1 is 1.23 bits per heavy atom. The quantitative estimate of drug-likeness (QED) is 0.811. The molecule has 2 rings (SSSR count). The van der Waals surface area contributed by atoms with Crippen LogP contribution in [-0.2, 0) is 0 Å². The van der Waals surface area contributed by atoms with E-state index in [9.17, 15) is 0 Å². The first-order valence-electron chi connectivity index (χ1n) is 4.30. The van der Waals surface area contributed by atoms with Crippen LogP contribution in [0.25, 0.3) is 5.82 Å². The van der Waals surface area contributed by atoms with Crippen molar-refractivity contribution in [1.82, 2.24) is 19.7 Å². The monoisotopic (exact) mass is 304 g/mol. The van der Waals surface area contributed by atoms with Crippen LogP contribution < -0.4 is 0 Å². The Morgan fingerprint density at radius 3 is 2.62 bits per heavy atom. The van der Waals surface area contributed by atoms with E-state index in [1.54, 1.807) is 12.1 Å². The topological polar surface area (TPSA) is 43.6 Å². The van der Waals surface area contributed by atoms with E-state index in [-0.39, 0.29) is 12.5 Å². The lowest BCUT2D eigenvalue weighted by Gasteiger charge is -1.97. The van der Waals surface area contributed by atoms with Crippen LogP contribution in [0.4, 0.5) is 0 Å². The summed E-state index contributed by atoms with van der Waals surface area (Å²) in [6.07, 6.45) is 0.0279. The van der Waals surface area contributed by atoms with E-state index in [2.05, 4.69) is 47.0 Å². The number of aromatic nitrogens is 4. The van der Waals surface area contributed by atoms with Crippen LogP contribution in [-0.4, -0.2) is 19.7 Å². The first-order valence-corrected chi connectivity index (χ1v) is 4.89. The van der Waals surface area contributed by atoms with Gasteiger partial charge in [0.2, 0.25) is 0 Å². The molecule has 0 radical (unpaired) electrons. The van der Waals surface area contributed by atoms with Crippen molar-refractivity contribution in [3.63, 3.8) is 0 Å². The van der Waals surface area contributed by atoms with Gasteiger partial charge in [-0.05, 0) is 44.0 Å². The van der Waals surface area contributed by atoms with Crippen LogP contribution in [0.15, 0.2) is 33.8 Å². The van der Waals surface area contributed by atoms with Crippen LogP contribution in [0.2, 0.25) is 0 Å². The maximum atomic E-state index is 7.66. The molecule has 0 saturated carbocycles. The van der Waals surface area contributed by atoms with Gasteiger partial charge in [-0.1, -0.05) is 0 Å². The van der Waals surface area contributed by atoms with Crippen LogP contribution in [0.3, 0.4) is 0 Å². The molecule has 0 amide bonds. The van der Waals surface area contributed by atoms with E-state index in [1.165, 1.54) is 4.57 Å². The maximum absolute atomic E-state index is 7.66. The highest BCUT2D eigenvalue weighted by molar-refractivity contribution is 9.10. The number of hydrogen-bond donors (Lipinski definition) is 0. The van der Waals surface area contributed by atoms with Crippen molar-refractivity contribution >= 4 is 31.9 Å². The van der Waals surface area contributed by atoms with Gasteiger partial charge < -0.3 is 0 Å². The summed E-state index contributed by atoms with van der Waals surface area (Å²) in [5.41, 5.74) is 0. The average molecular weight is 306 g/mol. The van der Waals surface area contributed by atoms with Crippen molar-refractivity contribution in [2.24, 2.45) is 0 Å². The molecule has 0 aliphatic rings. The van der Waals surface area contributed by atoms with Crippen molar-refractivity contribution < 1.29 is 2.74 Å². The van der Waals surface area contributed by atoms with Crippen molar-refractivity contribution in [2.75, 3.05) is 0 Å². The third-order valence-corrected chi connectivity index (χ3v) is 2.08. The van der Waals surface area contributed by atoms with Gasteiger partial charge in [0.1, 0.15) is 16.9 Å². The zero-order valence-electron chi connectivity index (χ0n) is 8.20. The molecule has 0 saturated heterocycles. The van der Waals surface area contributed by atoms with Gasteiger partial charge in [0, 0.05) is 6.17 Å². The second-order valence-corrected chi connectivity index (χ2v) is 3.73. The molecular weight excluding hydrogens is 300 g/mol. The minimum absolute atomic E-state index is 0.0523. The average Bonchev–Trinajstić information content (AvgIpc) is 2.44. The smallest absolute Gasteiger partial charge is 0.160 e. The third kappa shape index (κ3) is 1.94. The SMILES string of the molecule is [2H]c1nc(Br)c([2H])n1-c1ccc(Br)nn1. The van der Waals surface area contributed by atoms with Crippen molar-refractivity contribution in [3.05, 3.63) is 33.8 Å². The second-order valence-electron chi connectivity index (χ2n) is 2.16. The molecule has 0 fully saturated rings. The summed E-state index contributed by atoms with van der Waals surface area (Å²) < 4.78 is 17.4. The van der Waals surface area contributed by atoms with Crippen molar-refractivity contribution in [3.8, 4) is 5.82 Å². The molecule has 6 heteroatoms. The fourth-order valence-electron chi connectivity index (χ4n) is 0.773. The van der Waals surface area contributed by atoms with Crippen LogP contribution >= 0.6 is 31.9 Å². The van der Waals surface area contributed by atoms with Crippen LogP contribution in [0.5, 0.6) is 0 Å². The van der Waals surface area contributed by atoms with Gasteiger partial charge in [-0.25, -0.2) is 4.98 Å². The molecule has 13 heavy (non-hydrogen) atoms. The molecule has 0 atom stereocenters. The summed E-state index contributed by atoms with van der Waals surface area (Å²) in [7, 11) is 0. The molecule has 2 aromatic heterocycles. The normalized spacial score (nSPS) is 12.5. The Bertz CT molecular complexity index is 496. The maximum Gasteiger partial charge on any atom is 0.160 e. The van der Waals surface area contributed by atoms with Gasteiger partial charge in [0.25, 0.3) is 0 Å². The number of rotatable bonds is 1. The first-order chi connectivity index (χ1) is 7.09. The standard InChI is InChI=1S/C7H4Br2N4/c8-5-1-2-7(12-11-5)13-3-6(9)10-4-13/h1-4H/i3D,4D. The first kappa shape index (κ1) is 6.67. The predicted octanol–water partition coefficient (Wildman–Crippen LogP) is 2.19. The number of nitrogens with zero attached hydrogens (tertiary/aromatic N) is 4. The summed E-state index contributed by atoms with van der Waals surface area (Å²) in [5, 5.41) is 7.63. The number of halogens is 2. The van der Waals surface area contributed by atoms with Crippen molar-refractivity contribution in [2.45, 2.75) is 0 Å². The molecule has 0 unspecified atom stereocenters. The van der Waals surface area contributed by atoms with E-state index < -0.39 is 0 Å². The Hall–Kier alpha value is -0.750. The molecule has 0 aliphatic carbocycles. The fraction of sp³-hybridized carbons (Fsp3) is 0. The van der Waals surface area contributed by atoms with E-state index in [0.29, 0.717) is 15.0 Å². The lowest BCUT2D eigenvalue weighted by atomic mass is 10.5. The summed E-state index contributed by atoms with van der Waals surface area (Å²) in [6.45, 7) is 0. The Morgan fingerprint density at radius 2 is 2.08 bits per heavy atom. The zero-order chi connectivity index (χ0) is 11.0. The predicted molar refractivity (Wildman–Crippen MR) is 54.6 cm³/mol. The van der Waals surface area contributed by atoms with E-state index in [0.717, 1.165) is 0 Å². The Kier molecular flexibility index (Phi) is 1.82. The molecule has 2 aromatic rings. The van der Waals surface area contributed by atoms with Gasteiger partial charge in [0.05, 0.1) is 1.37 Å². The second kappa shape index (κ2) is 3.55. The van der Waals surface area contributed by atoms with Gasteiger partial charge in [-0.3, -0.25) is 4.57 Å². The van der Waals surface area contributed by atoms with Gasteiger partial charge in [0.15, 0.2) is 5.82 Å². The van der Waals surface area contributed by atoms with E-state index >= 15 is 0 Å². The Balaban J connectivity index is 2.58. The molecule has 0 N–H and O–H groups in total. The highest BCUT2D eigenvalue weighted by Gasteiger charge is 1.99. The lowest BCUT2D eigenvalue weighted by molar-refractivity contribution is 0.900. The molecule has 4 nitrogen and oxygen atoms in total. The largest absolute Gasteiger partial charge is 0.288 e. The molecule has 0 spiro atoms. The summed E-state index contributed by atoms with van der Waals surface area (Å²) in [5.74, 6) is 0.395. The fourth-order valence-corrected chi connectivity index (χ4v) is 1.24. The van der Waals surface area contributed by atoms with Crippen molar-refractivity contribution in [1.29, 1.82) is 0 Å². The molecule has 0 aromatic carbocycles. The van der Waals surface area contributed by atoms with E-state index in [1.807, 2.05) is 0 Å². The van der Waals surface area contributed by atoms with Crippen LogP contribution in [0, 0.1) is 0 Å². The molecule has 2 heterocycles. The molecule has 66 valence electrons. The third-order valence-electron chi connectivity index (χ3n) is 1.30. The van der Waals surface area contributed by atoms with Crippen LogP contribution in [0.1, 0.15) is 2.74 Å². The number of hydrogen-bond acceptors (Lipinski definition) is 3. The summed E-state index contributed by atoms with van der Waals surface area (Å²) >= 11 is 6.24. The Labute approximate surface area is 94.1 Å². The summed E-state index contributed by atoms with van der Waals surface area (Å²) in [4.78, 5) is 3.79. The van der Waals surface area contributed by atoms with E-state index in [4.69, 9.17) is 2.74 Å². The lowest BCUT2D eigenvalue weighted by Crippen LogP contribution is -1.95. The minimum Gasteiger partial charge on any atom is -0.288 e. The molecule has 0 aliphatic heterocycles. The molecule has 0 bridgehead atoms. The highest BCUT2D eigenvalue weighted by atomic mass is 79.9.